The average molecular weight is 279 g/mol. The topological polar surface area (TPSA) is 42.2 Å². The first-order valence-electron chi connectivity index (χ1n) is 6.76. The molecule has 0 aliphatic carbocycles. The molecule has 3 nitrogen and oxygen atoms in total. The number of rotatable bonds is 5. The molecule has 0 spiro atoms. The molecule has 0 aliphatic rings. The van der Waals surface area contributed by atoms with Crippen LogP contribution in [0.4, 0.5) is 0 Å². The molecule has 2 aromatic carbocycles. The third kappa shape index (κ3) is 3.87. The van der Waals surface area contributed by atoms with Crippen molar-refractivity contribution in [2.45, 2.75) is 6.92 Å². The Bertz CT molecular complexity index is 666. The van der Waals surface area contributed by atoms with Gasteiger partial charge < -0.3 is 9.47 Å². The molecule has 0 unspecified atom stereocenters. The van der Waals surface area contributed by atoms with E-state index >= 15 is 0 Å². The Hall–Kier alpha value is -2.73. The Labute approximate surface area is 125 Å². The summed E-state index contributed by atoms with van der Waals surface area (Å²) in [5, 5.41) is 9.36. The number of allylic oxidation sites excluding steroid dienone is 1. The van der Waals surface area contributed by atoms with E-state index in [1.165, 1.54) is 0 Å². The summed E-state index contributed by atoms with van der Waals surface area (Å²) >= 11 is 0. The quantitative estimate of drug-likeness (QED) is 0.609. The van der Waals surface area contributed by atoms with Gasteiger partial charge >= 0.3 is 0 Å². The summed E-state index contributed by atoms with van der Waals surface area (Å²) in [6.45, 7) is 2.57. The molecule has 0 fully saturated rings. The van der Waals surface area contributed by atoms with Gasteiger partial charge in [-0.1, -0.05) is 12.1 Å². The number of nitriles is 1. The molecule has 0 aromatic heterocycles. The third-order valence-corrected chi connectivity index (χ3v) is 3.00. The highest BCUT2D eigenvalue weighted by molar-refractivity contribution is 5.89. The molecule has 0 radical (unpaired) electrons. The van der Waals surface area contributed by atoms with Crippen LogP contribution in [-0.2, 0) is 0 Å². The van der Waals surface area contributed by atoms with Crippen molar-refractivity contribution in [2.75, 3.05) is 13.7 Å². The molecule has 0 heterocycles. The normalized spacial score (nSPS) is 10.8. The van der Waals surface area contributed by atoms with E-state index < -0.39 is 0 Å². The van der Waals surface area contributed by atoms with Crippen molar-refractivity contribution in [3.8, 4) is 17.6 Å². The average Bonchev–Trinajstić information content (AvgIpc) is 2.53. The predicted octanol–water partition coefficient (Wildman–Crippen LogP) is 4.16. The number of nitrogens with zero attached hydrogens (tertiary/aromatic N) is 1. The van der Waals surface area contributed by atoms with E-state index in [2.05, 4.69) is 6.07 Å². The Kier molecular flexibility index (Phi) is 5.00. The molecule has 2 aromatic rings. The minimum absolute atomic E-state index is 0.603. The number of hydrogen-bond donors (Lipinski definition) is 0. The Morgan fingerprint density at radius 2 is 1.90 bits per heavy atom. The lowest BCUT2D eigenvalue weighted by Crippen LogP contribution is -1.91. The summed E-state index contributed by atoms with van der Waals surface area (Å²) in [7, 11) is 1.62. The van der Waals surface area contributed by atoms with E-state index in [9.17, 15) is 5.26 Å². The van der Waals surface area contributed by atoms with Gasteiger partial charge in [-0.2, -0.15) is 5.26 Å². The maximum Gasteiger partial charge on any atom is 0.119 e. The standard InChI is InChI=1S/C18H17NO2/c1-3-21-18-6-4-5-14(12-18)11-16(13-19)15-7-9-17(20-2)10-8-15/h4-12H,3H2,1-2H3/b16-11+. The van der Waals surface area contributed by atoms with Gasteiger partial charge in [-0.25, -0.2) is 0 Å². The SMILES string of the molecule is CCOc1cccc(/C=C(\C#N)c2ccc(OC)cc2)c1. The zero-order valence-corrected chi connectivity index (χ0v) is 12.2. The van der Waals surface area contributed by atoms with Crippen LogP contribution in [0.15, 0.2) is 48.5 Å². The molecule has 2 rings (SSSR count). The van der Waals surface area contributed by atoms with Crippen LogP contribution in [0, 0.1) is 11.3 Å². The van der Waals surface area contributed by atoms with Crippen LogP contribution in [0.3, 0.4) is 0 Å². The van der Waals surface area contributed by atoms with Crippen LogP contribution in [0.1, 0.15) is 18.1 Å². The minimum Gasteiger partial charge on any atom is -0.497 e. The first-order chi connectivity index (χ1) is 10.3. The summed E-state index contributed by atoms with van der Waals surface area (Å²) in [6.07, 6.45) is 1.85. The van der Waals surface area contributed by atoms with Gasteiger partial charge in [-0.15, -0.1) is 0 Å². The smallest absolute Gasteiger partial charge is 0.119 e. The van der Waals surface area contributed by atoms with Crippen LogP contribution in [-0.4, -0.2) is 13.7 Å². The van der Waals surface area contributed by atoms with Crippen molar-refractivity contribution in [1.82, 2.24) is 0 Å². The number of benzene rings is 2. The molecule has 0 amide bonds. The van der Waals surface area contributed by atoms with Crippen molar-refractivity contribution in [3.63, 3.8) is 0 Å². The molecule has 0 bridgehead atoms. The van der Waals surface area contributed by atoms with Crippen LogP contribution >= 0.6 is 0 Å². The molecule has 0 saturated heterocycles. The fourth-order valence-corrected chi connectivity index (χ4v) is 1.98. The van der Waals surface area contributed by atoms with E-state index in [-0.39, 0.29) is 0 Å². The molecular formula is C18H17NO2. The molecule has 3 heteroatoms. The van der Waals surface area contributed by atoms with Gasteiger partial charge in [0.15, 0.2) is 0 Å². The molecule has 0 N–H and O–H groups in total. The highest BCUT2D eigenvalue weighted by atomic mass is 16.5. The van der Waals surface area contributed by atoms with E-state index in [0.29, 0.717) is 12.2 Å². The van der Waals surface area contributed by atoms with Crippen molar-refractivity contribution < 1.29 is 9.47 Å². The Balaban J connectivity index is 2.31. The first kappa shape index (κ1) is 14.7. The fraction of sp³-hybridized carbons (Fsp3) is 0.167. The molecular weight excluding hydrogens is 262 g/mol. The van der Waals surface area contributed by atoms with Gasteiger partial charge in [0.1, 0.15) is 11.5 Å². The molecule has 0 saturated carbocycles. The van der Waals surface area contributed by atoms with Gasteiger partial charge in [0, 0.05) is 0 Å². The zero-order valence-electron chi connectivity index (χ0n) is 12.2. The second-order valence-corrected chi connectivity index (χ2v) is 4.40. The second kappa shape index (κ2) is 7.16. The molecule has 106 valence electrons. The van der Waals surface area contributed by atoms with Crippen LogP contribution in [0.5, 0.6) is 11.5 Å². The van der Waals surface area contributed by atoms with Gasteiger partial charge in [-0.05, 0) is 60.5 Å². The summed E-state index contributed by atoms with van der Waals surface area (Å²) in [6, 6.07) is 17.4. The van der Waals surface area contributed by atoms with E-state index in [0.717, 1.165) is 22.6 Å². The van der Waals surface area contributed by atoms with E-state index in [1.54, 1.807) is 7.11 Å². The van der Waals surface area contributed by atoms with Crippen molar-refractivity contribution >= 4 is 11.6 Å². The summed E-state index contributed by atoms with van der Waals surface area (Å²) in [4.78, 5) is 0. The number of ether oxygens (including phenoxy) is 2. The van der Waals surface area contributed by atoms with Crippen molar-refractivity contribution in [1.29, 1.82) is 5.26 Å². The molecule has 0 aliphatic heterocycles. The monoisotopic (exact) mass is 279 g/mol. The van der Waals surface area contributed by atoms with Crippen LogP contribution < -0.4 is 9.47 Å². The Morgan fingerprint density at radius 1 is 1.14 bits per heavy atom. The predicted molar refractivity (Wildman–Crippen MR) is 84.1 cm³/mol. The minimum atomic E-state index is 0.603. The van der Waals surface area contributed by atoms with Gasteiger partial charge in [0.05, 0.1) is 25.4 Å². The fourth-order valence-electron chi connectivity index (χ4n) is 1.98. The van der Waals surface area contributed by atoms with Crippen LogP contribution in [0.2, 0.25) is 0 Å². The van der Waals surface area contributed by atoms with E-state index in [1.807, 2.05) is 61.5 Å². The molecule has 21 heavy (non-hydrogen) atoms. The zero-order chi connectivity index (χ0) is 15.1. The maximum atomic E-state index is 9.36. The number of methoxy groups -OCH3 is 1. The maximum absolute atomic E-state index is 9.36. The van der Waals surface area contributed by atoms with E-state index in [4.69, 9.17) is 9.47 Å². The highest BCUT2D eigenvalue weighted by Crippen LogP contribution is 2.22. The second-order valence-electron chi connectivity index (χ2n) is 4.40. The van der Waals surface area contributed by atoms with Gasteiger partial charge in [0.2, 0.25) is 0 Å². The summed E-state index contributed by atoms with van der Waals surface area (Å²) < 4.78 is 10.6. The Morgan fingerprint density at radius 3 is 2.52 bits per heavy atom. The van der Waals surface area contributed by atoms with Crippen LogP contribution in [0.25, 0.3) is 11.6 Å². The van der Waals surface area contributed by atoms with Crippen molar-refractivity contribution in [3.05, 3.63) is 59.7 Å². The lowest BCUT2D eigenvalue weighted by molar-refractivity contribution is 0.340. The third-order valence-electron chi connectivity index (χ3n) is 3.00. The number of hydrogen-bond acceptors (Lipinski definition) is 3. The summed E-state index contributed by atoms with van der Waals surface area (Å²) in [5.74, 6) is 1.58. The molecule has 0 atom stereocenters. The highest BCUT2D eigenvalue weighted by Gasteiger charge is 2.02. The summed E-state index contributed by atoms with van der Waals surface area (Å²) in [5.41, 5.74) is 2.40. The van der Waals surface area contributed by atoms with Gasteiger partial charge in [-0.3, -0.25) is 0 Å². The lowest BCUT2D eigenvalue weighted by Gasteiger charge is -2.05. The van der Waals surface area contributed by atoms with Gasteiger partial charge in [0.25, 0.3) is 0 Å². The van der Waals surface area contributed by atoms with Crippen molar-refractivity contribution in [2.24, 2.45) is 0 Å². The lowest BCUT2D eigenvalue weighted by atomic mass is 10.0. The first-order valence-corrected chi connectivity index (χ1v) is 6.76. The largest absolute Gasteiger partial charge is 0.497 e.